The fourth-order valence-electron chi connectivity index (χ4n) is 2.84. The Hall–Kier alpha value is -1.33. The van der Waals surface area contributed by atoms with E-state index in [0.717, 1.165) is 31.0 Å². The predicted molar refractivity (Wildman–Crippen MR) is 127 cm³/mol. The summed E-state index contributed by atoms with van der Waals surface area (Å²) in [6.45, 7) is 6.76. The molecule has 0 spiro atoms. The number of aliphatic imine (C=N–C) groups is 1. The molecule has 158 valence electrons. The van der Waals surface area contributed by atoms with Crippen molar-refractivity contribution in [1.82, 2.24) is 15.6 Å². The molecule has 0 unspecified atom stereocenters. The minimum Gasteiger partial charge on any atom is -0.378 e. The van der Waals surface area contributed by atoms with Crippen molar-refractivity contribution in [3.63, 3.8) is 0 Å². The highest BCUT2D eigenvalue weighted by atomic mass is 127. The molecule has 0 aliphatic carbocycles. The van der Waals surface area contributed by atoms with Crippen LogP contribution in [-0.4, -0.2) is 64.2 Å². The summed E-state index contributed by atoms with van der Waals surface area (Å²) in [4.78, 5) is 7.78. The van der Waals surface area contributed by atoms with Crippen molar-refractivity contribution in [2.45, 2.75) is 20.3 Å². The number of benzene rings is 1. The molecule has 3 N–H and O–H groups in total. The molecule has 0 atom stereocenters. The molecule has 0 aliphatic rings. The van der Waals surface area contributed by atoms with E-state index in [1.54, 1.807) is 0 Å². The summed E-state index contributed by atoms with van der Waals surface area (Å²) in [5, 5.41) is 7.83. The van der Waals surface area contributed by atoms with Crippen molar-refractivity contribution in [2.24, 2.45) is 4.99 Å². The van der Waals surface area contributed by atoms with Crippen LogP contribution in [-0.2, 0) is 21.0 Å². The van der Waals surface area contributed by atoms with E-state index in [2.05, 4.69) is 51.9 Å². The number of ether oxygens (including phenoxy) is 1. The first-order chi connectivity index (χ1) is 12.9. The van der Waals surface area contributed by atoms with Crippen LogP contribution in [0.1, 0.15) is 18.1 Å². The minimum absolute atomic E-state index is 0. The highest BCUT2D eigenvalue weighted by Gasteiger charge is 2.06. The number of halogens is 1. The van der Waals surface area contributed by atoms with Crippen LogP contribution in [0, 0.1) is 6.92 Å². The van der Waals surface area contributed by atoms with Gasteiger partial charge in [0.2, 0.25) is 0 Å². The number of hydrogen-bond acceptors (Lipinski definition) is 4. The zero-order chi connectivity index (χ0) is 19.7. The van der Waals surface area contributed by atoms with Gasteiger partial charge in [-0.25, -0.2) is 8.42 Å². The molecule has 28 heavy (non-hydrogen) atoms. The van der Waals surface area contributed by atoms with E-state index in [0.29, 0.717) is 13.2 Å². The highest BCUT2D eigenvalue weighted by Crippen LogP contribution is 2.22. The molecule has 0 amide bonds. The summed E-state index contributed by atoms with van der Waals surface area (Å²) in [6, 6.07) is 6.28. The van der Waals surface area contributed by atoms with Crippen molar-refractivity contribution in [3.05, 3.63) is 35.5 Å². The third-order valence-corrected chi connectivity index (χ3v) is 5.04. The van der Waals surface area contributed by atoms with Crippen LogP contribution in [0.25, 0.3) is 10.9 Å². The number of rotatable bonds is 10. The molecule has 0 bridgehead atoms. The van der Waals surface area contributed by atoms with Crippen molar-refractivity contribution < 1.29 is 13.2 Å². The molecule has 0 fully saturated rings. The van der Waals surface area contributed by atoms with E-state index in [1.807, 2.05) is 6.92 Å². The lowest BCUT2D eigenvalue weighted by molar-refractivity contribution is 0.157. The van der Waals surface area contributed by atoms with Gasteiger partial charge in [-0.1, -0.05) is 12.1 Å². The van der Waals surface area contributed by atoms with E-state index in [1.165, 1.54) is 22.8 Å². The van der Waals surface area contributed by atoms with Crippen molar-refractivity contribution >= 4 is 50.7 Å². The number of fused-ring (bicyclic) bond motifs is 1. The summed E-state index contributed by atoms with van der Waals surface area (Å²) in [5.74, 6) is 0.778. The lowest BCUT2D eigenvalue weighted by Gasteiger charge is -2.11. The van der Waals surface area contributed by atoms with Crippen LogP contribution >= 0.6 is 24.0 Å². The molecule has 2 rings (SSSR count). The number of nitrogens with one attached hydrogen (secondary N) is 3. The van der Waals surface area contributed by atoms with Gasteiger partial charge in [0.05, 0.1) is 25.5 Å². The van der Waals surface area contributed by atoms with Crippen LogP contribution in [0.5, 0.6) is 0 Å². The van der Waals surface area contributed by atoms with Gasteiger partial charge in [-0.3, -0.25) is 4.99 Å². The maximum absolute atomic E-state index is 11.0. The summed E-state index contributed by atoms with van der Waals surface area (Å²) in [5.41, 5.74) is 3.72. The Morgan fingerprint density at radius 2 is 2.04 bits per heavy atom. The number of aromatic amines is 1. The Kier molecular flexibility index (Phi) is 10.8. The zero-order valence-electron chi connectivity index (χ0n) is 16.7. The van der Waals surface area contributed by atoms with Gasteiger partial charge in [0.25, 0.3) is 0 Å². The largest absolute Gasteiger partial charge is 0.378 e. The molecular weight excluding hydrogens is 491 g/mol. The minimum atomic E-state index is -2.98. The van der Waals surface area contributed by atoms with Gasteiger partial charge in [-0.15, -0.1) is 24.0 Å². The van der Waals surface area contributed by atoms with Crippen molar-refractivity contribution in [1.29, 1.82) is 0 Å². The van der Waals surface area contributed by atoms with Gasteiger partial charge in [0, 0.05) is 36.4 Å². The Morgan fingerprint density at radius 1 is 1.25 bits per heavy atom. The number of guanidine groups is 1. The van der Waals surface area contributed by atoms with Gasteiger partial charge in [0.15, 0.2) is 5.96 Å². The molecule has 9 heteroatoms. The smallest absolute Gasteiger partial charge is 0.191 e. The van der Waals surface area contributed by atoms with E-state index < -0.39 is 9.84 Å². The summed E-state index contributed by atoms with van der Waals surface area (Å²) in [7, 11) is -2.98. The average Bonchev–Trinajstić information content (AvgIpc) is 3.01. The molecule has 0 aliphatic heterocycles. The second-order valence-electron chi connectivity index (χ2n) is 6.49. The molecule has 0 saturated carbocycles. The fourth-order valence-corrected chi connectivity index (χ4v) is 3.26. The molecule has 7 nitrogen and oxygen atoms in total. The predicted octanol–water partition coefficient (Wildman–Crippen LogP) is 2.25. The SMILES string of the molecule is CCNC(=NCCOCCS(C)(=O)=O)NCCc1c[nH]c2cccc(C)c12.I. The van der Waals surface area contributed by atoms with Crippen molar-refractivity contribution in [3.8, 4) is 0 Å². The van der Waals surface area contributed by atoms with E-state index in [9.17, 15) is 8.42 Å². The second-order valence-corrected chi connectivity index (χ2v) is 8.75. The lowest BCUT2D eigenvalue weighted by atomic mass is 10.1. The van der Waals surface area contributed by atoms with Gasteiger partial charge in [-0.2, -0.15) is 0 Å². The quantitative estimate of drug-likeness (QED) is 0.193. The maximum Gasteiger partial charge on any atom is 0.191 e. The molecule has 0 radical (unpaired) electrons. The Bertz CT molecular complexity index is 865. The maximum atomic E-state index is 11.0. The number of nitrogens with zero attached hydrogens (tertiary/aromatic N) is 1. The molecule has 1 heterocycles. The van der Waals surface area contributed by atoms with Crippen LogP contribution in [0.2, 0.25) is 0 Å². The third kappa shape index (κ3) is 8.36. The Balaban J connectivity index is 0.00000392. The second kappa shape index (κ2) is 12.3. The first kappa shape index (κ1) is 24.7. The summed E-state index contributed by atoms with van der Waals surface area (Å²) in [6.07, 6.45) is 4.16. The lowest BCUT2D eigenvalue weighted by Crippen LogP contribution is -2.38. The van der Waals surface area contributed by atoms with E-state index in [4.69, 9.17) is 4.74 Å². The molecular formula is C19H31IN4O3S. The zero-order valence-corrected chi connectivity index (χ0v) is 19.9. The first-order valence-corrected chi connectivity index (χ1v) is 11.3. The average molecular weight is 522 g/mol. The van der Waals surface area contributed by atoms with Gasteiger partial charge < -0.3 is 20.4 Å². The summed E-state index contributed by atoms with van der Waals surface area (Å²) < 4.78 is 27.4. The first-order valence-electron chi connectivity index (χ1n) is 9.24. The molecule has 0 saturated heterocycles. The standard InChI is InChI=1S/C19H30N4O3S.HI/c1-4-20-19(22-10-11-26-12-13-27(3,24)25)21-9-8-16-14-23-17-7-5-6-15(2)18(16)17;/h5-7,14,23H,4,8-13H2,1-3H3,(H2,20,21,22);1H. The Morgan fingerprint density at radius 3 is 2.75 bits per heavy atom. The van der Waals surface area contributed by atoms with Gasteiger partial charge in [-0.05, 0) is 37.5 Å². The van der Waals surface area contributed by atoms with Gasteiger partial charge >= 0.3 is 0 Å². The summed E-state index contributed by atoms with van der Waals surface area (Å²) >= 11 is 0. The molecule has 2 aromatic rings. The normalized spacial score (nSPS) is 12.0. The number of sulfone groups is 1. The topological polar surface area (TPSA) is 95.6 Å². The fraction of sp³-hybridized carbons (Fsp3) is 0.526. The number of H-pyrrole nitrogens is 1. The highest BCUT2D eigenvalue weighted by molar-refractivity contribution is 14.0. The van der Waals surface area contributed by atoms with Crippen LogP contribution < -0.4 is 10.6 Å². The van der Waals surface area contributed by atoms with Gasteiger partial charge in [0.1, 0.15) is 9.84 Å². The van der Waals surface area contributed by atoms with Crippen LogP contribution in [0.3, 0.4) is 0 Å². The van der Waals surface area contributed by atoms with Crippen LogP contribution in [0.4, 0.5) is 0 Å². The number of aromatic nitrogens is 1. The molecule has 1 aromatic carbocycles. The monoisotopic (exact) mass is 522 g/mol. The molecule has 1 aromatic heterocycles. The number of aryl methyl sites for hydroxylation is 1. The van der Waals surface area contributed by atoms with E-state index >= 15 is 0 Å². The third-order valence-electron chi connectivity index (χ3n) is 4.13. The van der Waals surface area contributed by atoms with Crippen molar-refractivity contribution in [2.75, 3.05) is 44.9 Å². The van der Waals surface area contributed by atoms with E-state index in [-0.39, 0.29) is 36.3 Å². The van der Waals surface area contributed by atoms with Crippen LogP contribution in [0.15, 0.2) is 29.4 Å². The number of hydrogen-bond donors (Lipinski definition) is 3. The Labute approximate surface area is 184 Å².